The molecule has 7 nitrogen and oxygen atoms in total. The largest absolute Gasteiger partial charge is 0.326 e. The fraction of sp³-hybridized carbons (Fsp3) is 0.391. The van der Waals surface area contributed by atoms with Gasteiger partial charge in [-0.05, 0) is 56.2 Å². The molecule has 2 aliphatic rings. The average Bonchev–Trinajstić information content (AvgIpc) is 3.17. The summed E-state index contributed by atoms with van der Waals surface area (Å²) in [5.41, 5.74) is 1.30. The molecule has 0 bridgehead atoms. The Hall–Kier alpha value is -2.71. The maximum Gasteiger partial charge on any atom is 0.243 e. The van der Waals surface area contributed by atoms with E-state index in [0.29, 0.717) is 18.8 Å². The van der Waals surface area contributed by atoms with E-state index < -0.39 is 15.9 Å². The number of amides is 2. The van der Waals surface area contributed by atoms with Crippen LogP contribution in [0.15, 0.2) is 59.5 Å². The van der Waals surface area contributed by atoms with Crippen LogP contribution in [-0.4, -0.2) is 43.7 Å². The number of para-hydroxylation sites is 1. The number of carbonyl (C=O) groups is 2. The molecule has 8 heteroatoms. The van der Waals surface area contributed by atoms with Crippen LogP contribution in [0.5, 0.6) is 0 Å². The standard InChI is InChI=1S/C23H27N3O4S/c1-17-7-5-6-14-26(17)31(29,30)21-12-10-19(11-13-21)24-23(28)18-15-22(27)25(16-18)20-8-3-2-4-9-20/h2-4,8-13,17-18H,5-7,14-16H2,1H3,(H,24,28). The Balaban J connectivity index is 1.41. The lowest BCUT2D eigenvalue weighted by Crippen LogP contribution is -2.41. The van der Waals surface area contributed by atoms with Crippen molar-refractivity contribution in [3.63, 3.8) is 0 Å². The summed E-state index contributed by atoms with van der Waals surface area (Å²) < 4.78 is 27.4. The SMILES string of the molecule is CC1CCCCN1S(=O)(=O)c1ccc(NC(=O)C2CC(=O)N(c3ccccc3)C2)cc1. The molecule has 2 atom stereocenters. The summed E-state index contributed by atoms with van der Waals surface area (Å²) in [7, 11) is -3.55. The lowest BCUT2D eigenvalue weighted by molar-refractivity contribution is -0.122. The van der Waals surface area contributed by atoms with Gasteiger partial charge in [-0.25, -0.2) is 8.42 Å². The van der Waals surface area contributed by atoms with Crippen LogP contribution in [0.4, 0.5) is 11.4 Å². The molecular formula is C23H27N3O4S. The molecule has 2 saturated heterocycles. The Morgan fingerprint density at radius 3 is 2.42 bits per heavy atom. The van der Waals surface area contributed by atoms with Gasteiger partial charge < -0.3 is 10.2 Å². The number of anilines is 2. The van der Waals surface area contributed by atoms with Gasteiger partial charge in [-0.2, -0.15) is 4.31 Å². The Bertz CT molecular complexity index is 1050. The van der Waals surface area contributed by atoms with Crippen LogP contribution < -0.4 is 10.2 Å². The first-order chi connectivity index (χ1) is 14.9. The van der Waals surface area contributed by atoms with Crippen molar-refractivity contribution in [1.29, 1.82) is 0 Å². The van der Waals surface area contributed by atoms with E-state index in [1.807, 2.05) is 37.3 Å². The predicted octanol–water partition coefficient (Wildman–Crippen LogP) is 3.24. The highest BCUT2D eigenvalue weighted by molar-refractivity contribution is 7.89. The van der Waals surface area contributed by atoms with Crippen LogP contribution in [0.3, 0.4) is 0 Å². The van der Waals surface area contributed by atoms with Crippen molar-refractivity contribution in [1.82, 2.24) is 4.31 Å². The van der Waals surface area contributed by atoms with Crippen LogP contribution in [0.25, 0.3) is 0 Å². The number of hydrogen-bond acceptors (Lipinski definition) is 4. The third kappa shape index (κ3) is 4.50. The highest BCUT2D eigenvalue weighted by Crippen LogP contribution is 2.28. The Morgan fingerprint density at radius 1 is 1.03 bits per heavy atom. The fourth-order valence-electron chi connectivity index (χ4n) is 4.26. The summed E-state index contributed by atoms with van der Waals surface area (Å²) in [6, 6.07) is 15.5. The second kappa shape index (κ2) is 8.80. The lowest BCUT2D eigenvalue weighted by atomic mass is 10.1. The van der Waals surface area contributed by atoms with Crippen molar-refractivity contribution < 1.29 is 18.0 Å². The zero-order valence-electron chi connectivity index (χ0n) is 17.5. The number of nitrogens with one attached hydrogen (secondary N) is 1. The van der Waals surface area contributed by atoms with Crippen molar-refractivity contribution >= 4 is 33.2 Å². The van der Waals surface area contributed by atoms with Crippen LogP contribution in [0.1, 0.15) is 32.6 Å². The molecule has 2 aliphatic heterocycles. The minimum Gasteiger partial charge on any atom is -0.326 e. The molecule has 0 spiro atoms. The molecule has 2 aromatic rings. The minimum absolute atomic E-state index is 0.00871. The molecule has 2 amide bonds. The molecule has 4 rings (SSSR count). The Labute approximate surface area is 183 Å². The Kier molecular flexibility index (Phi) is 6.11. The number of nitrogens with zero attached hydrogens (tertiary/aromatic N) is 2. The van der Waals surface area contributed by atoms with E-state index in [4.69, 9.17) is 0 Å². The number of hydrogen-bond donors (Lipinski definition) is 1. The molecule has 31 heavy (non-hydrogen) atoms. The number of sulfonamides is 1. The third-order valence-corrected chi connectivity index (χ3v) is 8.06. The van der Waals surface area contributed by atoms with Crippen molar-refractivity contribution in [3.05, 3.63) is 54.6 Å². The van der Waals surface area contributed by atoms with Crippen molar-refractivity contribution in [3.8, 4) is 0 Å². The van der Waals surface area contributed by atoms with Crippen molar-refractivity contribution in [2.75, 3.05) is 23.3 Å². The van der Waals surface area contributed by atoms with E-state index in [1.54, 1.807) is 21.3 Å². The number of carbonyl (C=O) groups excluding carboxylic acids is 2. The smallest absolute Gasteiger partial charge is 0.243 e. The molecule has 2 unspecified atom stereocenters. The summed E-state index contributed by atoms with van der Waals surface area (Å²) in [5, 5.41) is 2.82. The third-order valence-electron chi connectivity index (χ3n) is 6.03. The second-order valence-corrected chi connectivity index (χ2v) is 10.1. The molecule has 2 aromatic carbocycles. The highest BCUT2D eigenvalue weighted by atomic mass is 32.2. The molecule has 2 heterocycles. The van der Waals surface area contributed by atoms with Gasteiger partial charge in [0.05, 0.1) is 10.8 Å². The van der Waals surface area contributed by atoms with Gasteiger partial charge in [0.2, 0.25) is 21.8 Å². The zero-order chi connectivity index (χ0) is 22.0. The highest BCUT2D eigenvalue weighted by Gasteiger charge is 2.35. The van der Waals surface area contributed by atoms with Crippen molar-refractivity contribution in [2.45, 2.75) is 43.5 Å². The molecule has 164 valence electrons. The Morgan fingerprint density at radius 2 is 1.74 bits per heavy atom. The molecule has 0 saturated carbocycles. The monoisotopic (exact) mass is 441 g/mol. The van der Waals surface area contributed by atoms with E-state index in [0.717, 1.165) is 24.9 Å². The minimum atomic E-state index is -3.55. The zero-order valence-corrected chi connectivity index (χ0v) is 18.3. The first-order valence-electron chi connectivity index (χ1n) is 10.6. The van der Waals surface area contributed by atoms with Gasteiger partial charge in [0.1, 0.15) is 0 Å². The van der Waals surface area contributed by atoms with Gasteiger partial charge >= 0.3 is 0 Å². The van der Waals surface area contributed by atoms with E-state index >= 15 is 0 Å². The van der Waals surface area contributed by atoms with E-state index in [-0.39, 0.29) is 29.2 Å². The molecule has 0 aromatic heterocycles. The summed E-state index contributed by atoms with van der Waals surface area (Å²) in [4.78, 5) is 26.9. The average molecular weight is 442 g/mol. The lowest BCUT2D eigenvalue weighted by Gasteiger charge is -2.32. The van der Waals surface area contributed by atoms with Gasteiger partial charge in [0.25, 0.3) is 0 Å². The number of benzene rings is 2. The molecule has 1 N–H and O–H groups in total. The van der Waals surface area contributed by atoms with Crippen LogP contribution >= 0.6 is 0 Å². The molecule has 0 aliphatic carbocycles. The normalized spacial score (nSPS) is 22.5. The van der Waals surface area contributed by atoms with E-state index in [1.165, 1.54) is 12.1 Å². The van der Waals surface area contributed by atoms with Gasteiger partial charge in [-0.1, -0.05) is 24.6 Å². The summed E-state index contributed by atoms with van der Waals surface area (Å²) in [5.74, 6) is -0.777. The summed E-state index contributed by atoms with van der Waals surface area (Å²) in [6.45, 7) is 2.80. The topological polar surface area (TPSA) is 86.8 Å². The number of piperidine rings is 1. The quantitative estimate of drug-likeness (QED) is 0.772. The maximum absolute atomic E-state index is 12.9. The van der Waals surface area contributed by atoms with Crippen LogP contribution in [-0.2, 0) is 19.6 Å². The molecule has 0 radical (unpaired) electrons. The first kappa shape index (κ1) is 21.5. The van der Waals surface area contributed by atoms with Crippen LogP contribution in [0.2, 0.25) is 0 Å². The predicted molar refractivity (Wildman–Crippen MR) is 119 cm³/mol. The maximum atomic E-state index is 12.9. The fourth-order valence-corrected chi connectivity index (χ4v) is 5.96. The summed E-state index contributed by atoms with van der Waals surface area (Å²) >= 11 is 0. The number of rotatable bonds is 5. The summed E-state index contributed by atoms with van der Waals surface area (Å²) in [6.07, 6.45) is 2.94. The second-order valence-electron chi connectivity index (χ2n) is 8.22. The van der Waals surface area contributed by atoms with E-state index in [9.17, 15) is 18.0 Å². The van der Waals surface area contributed by atoms with Gasteiger partial charge in [-0.15, -0.1) is 0 Å². The van der Waals surface area contributed by atoms with Gasteiger partial charge in [0, 0.05) is 36.9 Å². The van der Waals surface area contributed by atoms with Crippen LogP contribution in [0, 0.1) is 5.92 Å². The van der Waals surface area contributed by atoms with Crippen molar-refractivity contribution in [2.24, 2.45) is 5.92 Å². The molecule has 2 fully saturated rings. The van der Waals surface area contributed by atoms with E-state index in [2.05, 4.69) is 5.32 Å². The first-order valence-corrected chi connectivity index (χ1v) is 12.1. The van der Waals surface area contributed by atoms with Gasteiger partial charge in [0.15, 0.2) is 0 Å². The molecular weight excluding hydrogens is 414 g/mol. The van der Waals surface area contributed by atoms with Gasteiger partial charge in [-0.3, -0.25) is 9.59 Å².